The summed E-state index contributed by atoms with van der Waals surface area (Å²) in [5.41, 5.74) is -2.38. The van der Waals surface area contributed by atoms with Crippen LogP contribution in [0.1, 0.15) is 69.7 Å². The van der Waals surface area contributed by atoms with Crippen LogP contribution in [0.3, 0.4) is 0 Å². The van der Waals surface area contributed by atoms with E-state index in [2.05, 4.69) is 36.8 Å². The molecule has 11 heteroatoms. The molecule has 2 aromatic rings. The number of piperidine rings is 1. The second-order valence-electron chi connectivity index (χ2n) is 10.9. The Kier molecular flexibility index (Phi) is 8.38. The molecule has 1 unspecified atom stereocenters. The van der Waals surface area contributed by atoms with Crippen LogP contribution < -0.4 is 19.9 Å². The van der Waals surface area contributed by atoms with Crippen LogP contribution in [0.15, 0.2) is 30.5 Å². The number of amides is 1. The monoisotopic (exact) mass is 561 g/mol. The number of aromatic nitrogens is 1. The van der Waals surface area contributed by atoms with Crippen molar-refractivity contribution in [1.29, 1.82) is 5.26 Å². The molecule has 1 N–H and O–H groups in total. The number of nitrogens with zero attached hydrogens (tertiary/aromatic N) is 4. The van der Waals surface area contributed by atoms with Gasteiger partial charge < -0.3 is 15.0 Å². The third-order valence-corrected chi connectivity index (χ3v) is 7.97. The van der Waals surface area contributed by atoms with Crippen LogP contribution in [0.25, 0.3) is 0 Å². The number of rotatable bonds is 7. The van der Waals surface area contributed by atoms with Crippen molar-refractivity contribution in [2.45, 2.75) is 70.1 Å². The van der Waals surface area contributed by atoms with Crippen molar-refractivity contribution in [1.82, 2.24) is 10.3 Å². The number of anilines is 2. The van der Waals surface area contributed by atoms with Gasteiger partial charge in [0.2, 0.25) is 0 Å². The number of nitriles is 1. The fourth-order valence-electron chi connectivity index (χ4n) is 5.28. The van der Waals surface area contributed by atoms with Crippen molar-refractivity contribution in [3.05, 3.63) is 47.3 Å². The first-order valence-corrected chi connectivity index (χ1v) is 13.6. The van der Waals surface area contributed by atoms with E-state index in [1.165, 1.54) is 11.0 Å². The Balaban J connectivity index is 1.62. The summed E-state index contributed by atoms with van der Waals surface area (Å²) in [7, 11) is 0. The van der Waals surface area contributed by atoms with Crippen LogP contribution in [-0.2, 0) is 11.0 Å². The Morgan fingerprint density at radius 1 is 1.23 bits per heavy atom. The van der Waals surface area contributed by atoms with E-state index in [9.17, 15) is 18.0 Å². The lowest BCUT2D eigenvalue weighted by atomic mass is 9.95. The van der Waals surface area contributed by atoms with Crippen molar-refractivity contribution in [2.24, 2.45) is 5.92 Å². The summed E-state index contributed by atoms with van der Waals surface area (Å²) < 4.78 is 47.0. The van der Waals surface area contributed by atoms with Crippen molar-refractivity contribution in [3.63, 3.8) is 0 Å². The molecule has 4 rings (SSSR count). The maximum absolute atomic E-state index is 13.6. The highest BCUT2D eigenvalue weighted by atomic mass is 32.1. The lowest BCUT2D eigenvalue weighted by Gasteiger charge is -2.34. The van der Waals surface area contributed by atoms with Gasteiger partial charge in [-0.3, -0.25) is 9.69 Å². The predicted octanol–water partition coefficient (Wildman–Crippen LogP) is 5.71. The summed E-state index contributed by atoms with van der Waals surface area (Å²) in [5.74, 6) is 1.13. The van der Waals surface area contributed by atoms with Crippen molar-refractivity contribution < 1.29 is 22.7 Å². The predicted molar refractivity (Wildman–Crippen MR) is 147 cm³/mol. The minimum atomic E-state index is -4.80. The van der Waals surface area contributed by atoms with E-state index in [0.29, 0.717) is 18.2 Å². The molecule has 2 fully saturated rings. The molecule has 1 aromatic carbocycles. The minimum absolute atomic E-state index is 0.0798. The van der Waals surface area contributed by atoms with E-state index < -0.39 is 34.4 Å². The van der Waals surface area contributed by atoms with Gasteiger partial charge in [0.05, 0.1) is 24.1 Å². The van der Waals surface area contributed by atoms with Gasteiger partial charge in [-0.25, -0.2) is 4.98 Å². The molecule has 1 amide bonds. The second kappa shape index (κ2) is 11.3. The highest BCUT2D eigenvalue weighted by Crippen LogP contribution is 2.43. The van der Waals surface area contributed by atoms with E-state index in [-0.39, 0.29) is 11.6 Å². The molecule has 2 saturated heterocycles. The number of benzene rings is 1. The average Bonchev–Trinajstić information content (AvgIpc) is 3.07. The molecule has 1 atom stereocenters. The molecule has 210 valence electrons. The van der Waals surface area contributed by atoms with E-state index in [1.807, 2.05) is 18.2 Å². The minimum Gasteiger partial charge on any atom is -0.493 e. The summed E-state index contributed by atoms with van der Waals surface area (Å²) in [5, 5.41) is 12.5. The number of nitrogens with one attached hydrogen (secondary N) is 1. The van der Waals surface area contributed by atoms with Gasteiger partial charge in [0.15, 0.2) is 11.2 Å². The number of halogens is 3. The van der Waals surface area contributed by atoms with Crippen LogP contribution >= 0.6 is 12.6 Å². The van der Waals surface area contributed by atoms with E-state index in [4.69, 9.17) is 10.00 Å². The molecular weight excluding hydrogens is 527 g/mol. The second-order valence-corrected chi connectivity index (χ2v) is 11.3. The topological polar surface area (TPSA) is 81.5 Å². The summed E-state index contributed by atoms with van der Waals surface area (Å²) >= 11 is 4.68. The van der Waals surface area contributed by atoms with Gasteiger partial charge in [0.1, 0.15) is 17.4 Å². The number of carbonyl (C=O) groups is 1. The van der Waals surface area contributed by atoms with Crippen LogP contribution in [0.2, 0.25) is 0 Å². The summed E-state index contributed by atoms with van der Waals surface area (Å²) in [6.07, 6.45) is -0.408. The molecule has 39 heavy (non-hydrogen) atoms. The van der Waals surface area contributed by atoms with Gasteiger partial charge in [0, 0.05) is 5.69 Å². The fourth-order valence-corrected chi connectivity index (χ4v) is 5.94. The highest BCUT2D eigenvalue weighted by Gasteiger charge is 2.52. The molecule has 1 aromatic heterocycles. The maximum atomic E-state index is 13.6. The Bertz CT molecular complexity index is 1250. The first-order chi connectivity index (χ1) is 18.4. The van der Waals surface area contributed by atoms with Crippen LogP contribution in [0.4, 0.5) is 24.5 Å². The molecule has 7 nitrogen and oxygen atoms in total. The normalized spacial score (nSPS) is 20.0. The molecule has 0 spiro atoms. The average molecular weight is 562 g/mol. The van der Waals surface area contributed by atoms with Crippen molar-refractivity contribution >= 4 is 29.9 Å². The van der Waals surface area contributed by atoms with Crippen LogP contribution in [0, 0.1) is 17.2 Å². The Hall–Kier alpha value is -2.97. The first kappa shape index (κ1) is 29.0. The molecule has 0 aliphatic carbocycles. The number of ether oxygens (including phenoxy) is 1. The zero-order chi connectivity index (χ0) is 28.5. The third-order valence-electron chi connectivity index (χ3n) is 7.50. The van der Waals surface area contributed by atoms with Gasteiger partial charge in [-0.2, -0.15) is 18.4 Å². The first-order valence-electron chi connectivity index (χ1n) is 13.1. The lowest BCUT2D eigenvalue weighted by Crippen LogP contribution is -2.45. The smallest absolute Gasteiger partial charge is 0.419 e. The molecule has 0 radical (unpaired) electrons. The van der Waals surface area contributed by atoms with Crippen LogP contribution in [0.5, 0.6) is 5.75 Å². The summed E-state index contributed by atoms with van der Waals surface area (Å²) in [6.45, 7) is 10.2. The van der Waals surface area contributed by atoms with Crippen molar-refractivity contribution in [3.8, 4) is 11.8 Å². The molecule has 2 aliphatic heterocycles. The van der Waals surface area contributed by atoms with Gasteiger partial charge >= 0.3 is 6.18 Å². The zero-order valence-electron chi connectivity index (χ0n) is 22.5. The van der Waals surface area contributed by atoms with Gasteiger partial charge in [0.25, 0.3) is 5.91 Å². The van der Waals surface area contributed by atoms with Gasteiger partial charge in [-0.05, 0) is 87.9 Å². The van der Waals surface area contributed by atoms with E-state index >= 15 is 0 Å². The SMILES string of the molecule is CC(C)c1cc(N2C(S)N(c3cnc(C#N)c(C(F)(F)F)c3)C(=O)C2(C)C)ccc1OCCC1CCNCC1. The summed E-state index contributed by atoms with van der Waals surface area (Å²) in [4.78, 5) is 20.2. The highest BCUT2D eigenvalue weighted by molar-refractivity contribution is 7.81. The number of hydrogen-bond acceptors (Lipinski definition) is 7. The number of thiol groups is 1. The number of carbonyl (C=O) groups excluding carboxylic acids is 1. The quantitative estimate of drug-likeness (QED) is 0.422. The zero-order valence-corrected chi connectivity index (χ0v) is 23.4. The molecular formula is C28H34F3N5O2S. The molecule has 0 saturated carbocycles. The molecule has 2 aliphatic rings. The molecule has 3 heterocycles. The fraction of sp³-hybridized carbons (Fsp3) is 0.536. The Morgan fingerprint density at radius 3 is 2.54 bits per heavy atom. The van der Waals surface area contributed by atoms with Crippen molar-refractivity contribution in [2.75, 3.05) is 29.5 Å². The summed E-state index contributed by atoms with van der Waals surface area (Å²) in [6, 6.07) is 7.96. The largest absolute Gasteiger partial charge is 0.493 e. The number of alkyl halides is 3. The maximum Gasteiger partial charge on any atom is 0.419 e. The number of hydrogen-bond donors (Lipinski definition) is 2. The lowest BCUT2D eigenvalue weighted by molar-refractivity contribution is -0.138. The third kappa shape index (κ3) is 5.82. The van der Waals surface area contributed by atoms with E-state index in [0.717, 1.165) is 55.9 Å². The Morgan fingerprint density at radius 2 is 1.92 bits per heavy atom. The number of pyridine rings is 1. The standard InChI is InChI=1S/C28H34F3N5O2S/c1-17(2)21-13-19(5-6-24(21)38-12-9-18-7-10-33-11-8-18)36-26(39)35(25(37)27(36,3)4)20-14-22(28(29,30)31)23(15-32)34-16-20/h5-6,13-14,16-18,26,33,39H,7-12H2,1-4H3. The van der Waals surface area contributed by atoms with Gasteiger partial charge in [-0.1, -0.05) is 13.8 Å². The van der Waals surface area contributed by atoms with Crippen LogP contribution in [-0.4, -0.2) is 41.6 Å². The Labute approximate surface area is 232 Å². The van der Waals surface area contributed by atoms with E-state index in [1.54, 1.807) is 18.7 Å². The molecule has 0 bridgehead atoms. The van der Waals surface area contributed by atoms with Gasteiger partial charge in [-0.15, -0.1) is 12.6 Å².